The molecule has 1 unspecified atom stereocenters. The Morgan fingerprint density at radius 1 is 1.67 bits per heavy atom. The largest absolute Gasteiger partial charge is 0.313 e. The zero-order valence-corrected chi connectivity index (χ0v) is 5.34. The third-order valence-corrected chi connectivity index (χ3v) is 1.47. The van der Waals surface area contributed by atoms with Crippen LogP contribution in [-0.2, 0) is 4.79 Å². The summed E-state index contributed by atoms with van der Waals surface area (Å²) < 4.78 is 0. The first-order valence-corrected chi connectivity index (χ1v) is 3.26. The second-order valence-electron chi connectivity index (χ2n) is 2.22. The molecule has 0 aromatic heterocycles. The van der Waals surface area contributed by atoms with Gasteiger partial charge in [-0.15, -0.1) is 0 Å². The monoisotopic (exact) mass is 125 g/mol. The fourth-order valence-corrected chi connectivity index (χ4v) is 0.907. The van der Waals surface area contributed by atoms with E-state index in [0.29, 0.717) is 0 Å². The van der Waals surface area contributed by atoms with Crippen molar-refractivity contribution in [1.29, 1.82) is 0 Å². The van der Waals surface area contributed by atoms with Crippen LogP contribution in [0.25, 0.3) is 0 Å². The predicted molar refractivity (Wildman–Crippen MR) is 36.2 cm³/mol. The molecule has 0 saturated heterocycles. The van der Waals surface area contributed by atoms with Crippen molar-refractivity contribution in [1.82, 2.24) is 5.32 Å². The van der Waals surface area contributed by atoms with Crippen LogP contribution in [0.5, 0.6) is 0 Å². The standard InChI is InChI=1S/C7H11NO/c9-6-7-2-1-4-8-5-3-7/h1-2,6-8H,3-5H2. The lowest BCUT2D eigenvalue weighted by atomic mass is 10.1. The van der Waals surface area contributed by atoms with Gasteiger partial charge in [0.2, 0.25) is 0 Å². The number of hydrogen-bond donors (Lipinski definition) is 1. The van der Waals surface area contributed by atoms with Crippen molar-refractivity contribution in [2.45, 2.75) is 6.42 Å². The average molecular weight is 125 g/mol. The Bertz CT molecular complexity index is 120. The van der Waals surface area contributed by atoms with Gasteiger partial charge in [-0.2, -0.15) is 0 Å². The lowest BCUT2D eigenvalue weighted by Crippen LogP contribution is -2.14. The zero-order valence-electron chi connectivity index (χ0n) is 5.34. The van der Waals surface area contributed by atoms with E-state index in [9.17, 15) is 4.79 Å². The van der Waals surface area contributed by atoms with E-state index in [2.05, 4.69) is 5.32 Å². The van der Waals surface area contributed by atoms with E-state index in [0.717, 1.165) is 25.8 Å². The average Bonchev–Trinajstić information content (AvgIpc) is 2.13. The van der Waals surface area contributed by atoms with Crippen LogP contribution >= 0.6 is 0 Å². The van der Waals surface area contributed by atoms with Gasteiger partial charge in [-0.25, -0.2) is 0 Å². The first kappa shape index (κ1) is 6.49. The highest BCUT2D eigenvalue weighted by Gasteiger charge is 2.03. The number of rotatable bonds is 1. The molecule has 0 spiro atoms. The van der Waals surface area contributed by atoms with Crippen molar-refractivity contribution in [2.75, 3.05) is 13.1 Å². The Balaban J connectivity index is 2.41. The number of hydrogen-bond acceptors (Lipinski definition) is 2. The minimum atomic E-state index is 0.153. The van der Waals surface area contributed by atoms with Gasteiger partial charge in [-0.3, -0.25) is 0 Å². The smallest absolute Gasteiger partial charge is 0.126 e. The molecule has 1 N–H and O–H groups in total. The highest BCUT2D eigenvalue weighted by molar-refractivity contribution is 5.56. The van der Waals surface area contributed by atoms with Crippen LogP contribution in [0.3, 0.4) is 0 Å². The van der Waals surface area contributed by atoms with Gasteiger partial charge in [0.25, 0.3) is 0 Å². The molecule has 50 valence electrons. The SMILES string of the molecule is O=CC1C=CCNCC1. The molecule has 0 fully saturated rings. The van der Waals surface area contributed by atoms with Crippen LogP contribution in [0.4, 0.5) is 0 Å². The summed E-state index contributed by atoms with van der Waals surface area (Å²) in [4.78, 5) is 10.2. The third kappa shape index (κ3) is 1.98. The molecule has 0 radical (unpaired) electrons. The van der Waals surface area contributed by atoms with Crippen LogP contribution < -0.4 is 5.32 Å². The van der Waals surface area contributed by atoms with Crippen molar-refractivity contribution < 1.29 is 4.79 Å². The van der Waals surface area contributed by atoms with Crippen molar-refractivity contribution in [2.24, 2.45) is 5.92 Å². The minimum absolute atomic E-state index is 0.153. The van der Waals surface area contributed by atoms with Crippen LogP contribution in [0, 0.1) is 5.92 Å². The van der Waals surface area contributed by atoms with Gasteiger partial charge in [0.1, 0.15) is 6.29 Å². The zero-order chi connectivity index (χ0) is 6.53. The maximum atomic E-state index is 10.2. The van der Waals surface area contributed by atoms with Gasteiger partial charge in [-0.05, 0) is 13.0 Å². The Kier molecular flexibility index (Phi) is 2.46. The highest BCUT2D eigenvalue weighted by Crippen LogP contribution is 2.01. The number of allylic oxidation sites excluding steroid dienone is 1. The second-order valence-corrected chi connectivity index (χ2v) is 2.22. The molecule has 9 heavy (non-hydrogen) atoms. The summed E-state index contributed by atoms with van der Waals surface area (Å²) in [6, 6.07) is 0. The van der Waals surface area contributed by atoms with E-state index < -0.39 is 0 Å². The summed E-state index contributed by atoms with van der Waals surface area (Å²) in [6.45, 7) is 1.86. The molecule has 0 aromatic carbocycles. The fraction of sp³-hybridized carbons (Fsp3) is 0.571. The van der Waals surface area contributed by atoms with Crippen LogP contribution in [-0.4, -0.2) is 19.4 Å². The van der Waals surface area contributed by atoms with Crippen molar-refractivity contribution in [3.05, 3.63) is 12.2 Å². The van der Waals surface area contributed by atoms with Gasteiger partial charge in [0, 0.05) is 12.5 Å². The van der Waals surface area contributed by atoms with Crippen LogP contribution in [0.15, 0.2) is 12.2 Å². The molecule has 2 nitrogen and oxygen atoms in total. The molecule has 1 aliphatic rings. The molecule has 1 atom stereocenters. The predicted octanol–water partition coefficient (Wildman–Crippen LogP) is 0.351. The summed E-state index contributed by atoms with van der Waals surface area (Å²) in [5.74, 6) is 0.153. The van der Waals surface area contributed by atoms with Gasteiger partial charge < -0.3 is 10.1 Å². The summed E-state index contributed by atoms with van der Waals surface area (Å²) in [5, 5.41) is 3.17. The Hall–Kier alpha value is -0.630. The van der Waals surface area contributed by atoms with E-state index in [1.807, 2.05) is 12.2 Å². The highest BCUT2D eigenvalue weighted by atomic mass is 16.1. The topological polar surface area (TPSA) is 29.1 Å². The Morgan fingerprint density at radius 2 is 2.56 bits per heavy atom. The number of nitrogens with one attached hydrogen (secondary N) is 1. The molecule has 0 bridgehead atoms. The van der Waals surface area contributed by atoms with E-state index in [-0.39, 0.29) is 5.92 Å². The van der Waals surface area contributed by atoms with E-state index >= 15 is 0 Å². The fourth-order valence-electron chi connectivity index (χ4n) is 0.907. The van der Waals surface area contributed by atoms with E-state index in [4.69, 9.17) is 0 Å². The lowest BCUT2D eigenvalue weighted by molar-refractivity contribution is -0.110. The second kappa shape index (κ2) is 3.41. The molecular weight excluding hydrogens is 114 g/mol. The van der Waals surface area contributed by atoms with Crippen molar-refractivity contribution >= 4 is 6.29 Å². The molecule has 1 rings (SSSR count). The molecule has 0 amide bonds. The maximum absolute atomic E-state index is 10.2. The van der Waals surface area contributed by atoms with E-state index in [1.54, 1.807) is 0 Å². The lowest BCUT2D eigenvalue weighted by Gasteiger charge is -1.98. The molecule has 2 heteroatoms. The van der Waals surface area contributed by atoms with Gasteiger partial charge in [0.15, 0.2) is 0 Å². The number of aldehydes is 1. The van der Waals surface area contributed by atoms with Crippen molar-refractivity contribution in [3.8, 4) is 0 Å². The molecule has 0 aliphatic carbocycles. The maximum Gasteiger partial charge on any atom is 0.126 e. The molecule has 0 saturated carbocycles. The first-order valence-electron chi connectivity index (χ1n) is 3.26. The number of carbonyl (C=O) groups is 1. The Labute approximate surface area is 54.9 Å². The van der Waals surface area contributed by atoms with Gasteiger partial charge >= 0.3 is 0 Å². The summed E-state index contributed by atoms with van der Waals surface area (Å²) >= 11 is 0. The normalized spacial score (nSPS) is 27.3. The van der Waals surface area contributed by atoms with E-state index in [1.165, 1.54) is 0 Å². The molecule has 1 aliphatic heterocycles. The Morgan fingerprint density at radius 3 is 3.33 bits per heavy atom. The van der Waals surface area contributed by atoms with Crippen LogP contribution in [0.2, 0.25) is 0 Å². The van der Waals surface area contributed by atoms with Gasteiger partial charge in [-0.1, -0.05) is 12.2 Å². The number of carbonyl (C=O) groups excluding carboxylic acids is 1. The van der Waals surface area contributed by atoms with Crippen molar-refractivity contribution in [3.63, 3.8) is 0 Å². The summed E-state index contributed by atoms with van der Waals surface area (Å²) in [7, 11) is 0. The summed E-state index contributed by atoms with van der Waals surface area (Å²) in [6.07, 6.45) is 5.92. The molecule has 0 aromatic rings. The van der Waals surface area contributed by atoms with Gasteiger partial charge in [0.05, 0.1) is 0 Å². The molecular formula is C7H11NO. The quantitative estimate of drug-likeness (QED) is 0.404. The minimum Gasteiger partial charge on any atom is -0.313 e. The van der Waals surface area contributed by atoms with Crippen LogP contribution in [0.1, 0.15) is 6.42 Å². The first-order chi connectivity index (χ1) is 4.43. The summed E-state index contributed by atoms with van der Waals surface area (Å²) in [5.41, 5.74) is 0. The third-order valence-electron chi connectivity index (χ3n) is 1.47. The molecule has 1 heterocycles.